The van der Waals surface area contributed by atoms with Crippen LogP contribution in [0.25, 0.3) is 10.9 Å². The van der Waals surface area contributed by atoms with Crippen molar-refractivity contribution in [1.29, 1.82) is 0 Å². The van der Waals surface area contributed by atoms with Gasteiger partial charge in [-0.3, -0.25) is 9.89 Å². The van der Waals surface area contributed by atoms with E-state index < -0.39 is 17.5 Å². The van der Waals surface area contributed by atoms with Gasteiger partial charge in [-0.1, -0.05) is 6.07 Å². The van der Waals surface area contributed by atoms with Crippen molar-refractivity contribution < 1.29 is 13.6 Å². The van der Waals surface area contributed by atoms with E-state index in [0.717, 1.165) is 23.6 Å². The predicted molar refractivity (Wildman–Crippen MR) is 70.4 cm³/mol. The van der Waals surface area contributed by atoms with Gasteiger partial charge in [-0.25, -0.2) is 8.78 Å². The molecular weight excluding hydrogens is 264 g/mol. The molecule has 0 aliphatic heterocycles. The molecule has 1 amide bonds. The summed E-state index contributed by atoms with van der Waals surface area (Å²) in [6.45, 7) is 0. The average molecular weight is 273 g/mol. The lowest BCUT2D eigenvalue weighted by molar-refractivity contribution is 0.102. The van der Waals surface area contributed by atoms with Gasteiger partial charge in [0.2, 0.25) is 0 Å². The Bertz CT molecular complexity index is 778. The minimum atomic E-state index is -0.746. The number of nitrogens with zero attached hydrogens (tertiary/aromatic N) is 1. The highest BCUT2D eigenvalue weighted by Gasteiger charge is 2.09. The number of H-pyrrole nitrogens is 1. The monoisotopic (exact) mass is 273 g/mol. The van der Waals surface area contributed by atoms with Gasteiger partial charge in [-0.15, -0.1) is 0 Å². The van der Waals surface area contributed by atoms with E-state index in [9.17, 15) is 13.6 Å². The summed E-state index contributed by atoms with van der Waals surface area (Å²) in [5.74, 6) is -1.94. The summed E-state index contributed by atoms with van der Waals surface area (Å²) in [5.41, 5.74) is 1.15. The first-order valence-corrected chi connectivity index (χ1v) is 5.82. The largest absolute Gasteiger partial charge is 0.322 e. The first-order valence-electron chi connectivity index (χ1n) is 5.82. The predicted octanol–water partition coefficient (Wildman–Crippen LogP) is 3.09. The normalized spacial score (nSPS) is 10.7. The lowest BCUT2D eigenvalue weighted by Gasteiger charge is -2.05. The Labute approximate surface area is 112 Å². The number of hydrogen-bond donors (Lipinski definition) is 2. The molecule has 3 rings (SSSR count). The molecule has 1 aromatic heterocycles. The van der Waals surface area contributed by atoms with Crippen LogP contribution in [0, 0.1) is 11.6 Å². The molecule has 20 heavy (non-hydrogen) atoms. The third kappa shape index (κ3) is 2.35. The number of carbonyl (C=O) groups excluding carboxylic acids is 1. The van der Waals surface area contributed by atoms with Crippen LogP contribution in [0.2, 0.25) is 0 Å². The number of benzene rings is 2. The molecule has 4 nitrogen and oxygen atoms in total. The van der Waals surface area contributed by atoms with Crippen LogP contribution in [0.3, 0.4) is 0 Å². The van der Waals surface area contributed by atoms with Crippen molar-refractivity contribution in [3.8, 4) is 0 Å². The summed E-state index contributed by atoms with van der Waals surface area (Å²) < 4.78 is 26.1. The molecule has 0 aliphatic carbocycles. The maximum atomic E-state index is 13.0. The van der Waals surface area contributed by atoms with E-state index in [1.165, 1.54) is 0 Å². The molecule has 0 saturated carbocycles. The molecule has 0 unspecified atom stereocenters. The number of halogens is 2. The van der Waals surface area contributed by atoms with E-state index in [1.807, 2.05) is 0 Å². The minimum absolute atomic E-state index is 0.0669. The highest BCUT2D eigenvalue weighted by atomic mass is 19.1. The second-order valence-corrected chi connectivity index (χ2v) is 4.28. The van der Waals surface area contributed by atoms with Crippen LogP contribution in [-0.4, -0.2) is 16.1 Å². The van der Waals surface area contributed by atoms with E-state index in [1.54, 1.807) is 24.4 Å². The highest BCUT2D eigenvalue weighted by Crippen LogP contribution is 2.16. The van der Waals surface area contributed by atoms with Gasteiger partial charge in [0.15, 0.2) is 0 Å². The maximum absolute atomic E-state index is 13.0. The van der Waals surface area contributed by atoms with Crippen molar-refractivity contribution in [1.82, 2.24) is 10.2 Å². The highest BCUT2D eigenvalue weighted by molar-refractivity contribution is 6.06. The number of fused-ring (bicyclic) bond motifs is 1. The van der Waals surface area contributed by atoms with Gasteiger partial charge < -0.3 is 5.32 Å². The number of rotatable bonds is 2. The van der Waals surface area contributed by atoms with Crippen LogP contribution in [-0.2, 0) is 0 Å². The van der Waals surface area contributed by atoms with Crippen molar-refractivity contribution in [2.75, 3.05) is 5.32 Å². The quantitative estimate of drug-likeness (QED) is 0.753. The van der Waals surface area contributed by atoms with Gasteiger partial charge in [0.1, 0.15) is 11.6 Å². The standard InChI is InChI=1S/C14H9F2N3O/c15-10-4-11(16)6-12(5-10)18-14(20)8-1-2-9-7-17-19-13(9)3-8/h1-7H,(H,17,19)(H,18,20). The topological polar surface area (TPSA) is 57.8 Å². The Morgan fingerprint density at radius 1 is 1.10 bits per heavy atom. The van der Waals surface area contributed by atoms with Crippen LogP contribution in [0.4, 0.5) is 14.5 Å². The summed E-state index contributed by atoms with van der Waals surface area (Å²) in [6.07, 6.45) is 1.64. The maximum Gasteiger partial charge on any atom is 0.255 e. The van der Waals surface area contributed by atoms with E-state index in [0.29, 0.717) is 11.1 Å². The van der Waals surface area contributed by atoms with E-state index in [4.69, 9.17) is 0 Å². The Kier molecular flexibility index (Phi) is 2.90. The van der Waals surface area contributed by atoms with Gasteiger partial charge in [0.05, 0.1) is 11.7 Å². The molecule has 3 aromatic rings. The number of carbonyl (C=O) groups is 1. The second-order valence-electron chi connectivity index (χ2n) is 4.28. The summed E-state index contributed by atoms with van der Waals surface area (Å²) in [6, 6.07) is 7.81. The van der Waals surface area contributed by atoms with Crippen molar-refractivity contribution in [3.63, 3.8) is 0 Å². The number of nitrogens with one attached hydrogen (secondary N) is 2. The first kappa shape index (κ1) is 12.3. The fraction of sp³-hybridized carbons (Fsp3) is 0. The van der Waals surface area contributed by atoms with Crippen molar-refractivity contribution >= 4 is 22.5 Å². The molecule has 1 heterocycles. The Morgan fingerprint density at radius 3 is 2.60 bits per heavy atom. The Hall–Kier alpha value is -2.76. The summed E-state index contributed by atoms with van der Waals surface area (Å²) >= 11 is 0. The molecule has 2 aromatic carbocycles. The van der Waals surface area contributed by atoms with Gasteiger partial charge in [-0.2, -0.15) is 5.10 Å². The van der Waals surface area contributed by atoms with Gasteiger partial charge in [0, 0.05) is 22.7 Å². The number of hydrogen-bond acceptors (Lipinski definition) is 2. The third-order valence-electron chi connectivity index (χ3n) is 2.82. The zero-order chi connectivity index (χ0) is 14.1. The van der Waals surface area contributed by atoms with Crippen LogP contribution in [0.1, 0.15) is 10.4 Å². The molecule has 0 atom stereocenters. The number of amides is 1. The Balaban J connectivity index is 1.88. The van der Waals surface area contributed by atoms with E-state index >= 15 is 0 Å². The summed E-state index contributed by atoms with van der Waals surface area (Å²) in [7, 11) is 0. The van der Waals surface area contributed by atoms with Gasteiger partial charge in [0.25, 0.3) is 5.91 Å². The molecular formula is C14H9F2N3O. The Morgan fingerprint density at radius 2 is 1.85 bits per heavy atom. The lowest BCUT2D eigenvalue weighted by atomic mass is 10.1. The van der Waals surface area contributed by atoms with Crippen molar-refractivity contribution in [2.45, 2.75) is 0 Å². The molecule has 0 bridgehead atoms. The van der Waals surface area contributed by atoms with E-state index in [-0.39, 0.29) is 5.69 Å². The lowest BCUT2D eigenvalue weighted by Crippen LogP contribution is -2.12. The van der Waals surface area contributed by atoms with Crippen molar-refractivity contribution in [3.05, 3.63) is 59.8 Å². The number of aromatic nitrogens is 2. The molecule has 2 N–H and O–H groups in total. The second kappa shape index (κ2) is 4.73. The zero-order valence-corrected chi connectivity index (χ0v) is 10.2. The van der Waals surface area contributed by atoms with Crippen LogP contribution in [0.15, 0.2) is 42.6 Å². The molecule has 0 aliphatic rings. The van der Waals surface area contributed by atoms with Crippen molar-refractivity contribution in [2.24, 2.45) is 0 Å². The van der Waals surface area contributed by atoms with E-state index in [2.05, 4.69) is 15.5 Å². The van der Waals surface area contributed by atoms with Gasteiger partial charge >= 0.3 is 0 Å². The third-order valence-corrected chi connectivity index (χ3v) is 2.82. The number of aromatic amines is 1. The molecule has 6 heteroatoms. The zero-order valence-electron chi connectivity index (χ0n) is 10.2. The van der Waals surface area contributed by atoms with Gasteiger partial charge in [-0.05, 0) is 24.3 Å². The first-order chi connectivity index (χ1) is 9.61. The summed E-state index contributed by atoms with van der Waals surface area (Å²) in [5, 5.41) is 9.92. The smallest absolute Gasteiger partial charge is 0.255 e. The average Bonchev–Trinajstić information content (AvgIpc) is 2.84. The van der Waals surface area contributed by atoms with Crippen LogP contribution >= 0.6 is 0 Å². The number of anilines is 1. The van der Waals surface area contributed by atoms with Crippen LogP contribution in [0.5, 0.6) is 0 Å². The molecule has 100 valence electrons. The fourth-order valence-corrected chi connectivity index (χ4v) is 1.91. The minimum Gasteiger partial charge on any atom is -0.322 e. The fourth-order valence-electron chi connectivity index (χ4n) is 1.91. The van der Waals surface area contributed by atoms with Crippen LogP contribution < -0.4 is 5.32 Å². The molecule has 0 fully saturated rings. The SMILES string of the molecule is O=C(Nc1cc(F)cc(F)c1)c1ccc2cn[nH]c2c1. The molecule has 0 saturated heterocycles. The molecule has 0 radical (unpaired) electrons. The molecule has 0 spiro atoms. The summed E-state index contributed by atoms with van der Waals surface area (Å²) in [4.78, 5) is 12.0.